The number of benzene rings is 2. The van der Waals surface area contributed by atoms with E-state index in [1.165, 1.54) is 23.1 Å². The van der Waals surface area contributed by atoms with E-state index >= 15 is 0 Å². The van der Waals surface area contributed by atoms with Gasteiger partial charge in [0.05, 0.1) is 11.9 Å². The SMILES string of the molecule is O=C(CSc1nnc(NC[C@H]2CCCO2)s1)Nc1ccc2ccccc2c1. The summed E-state index contributed by atoms with van der Waals surface area (Å²) >= 11 is 2.85. The highest BCUT2D eigenvalue weighted by molar-refractivity contribution is 8.01. The van der Waals surface area contributed by atoms with Crippen LogP contribution in [0.2, 0.25) is 0 Å². The topological polar surface area (TPSA) is 76.1 Å². The Morgan fingerprint density at radius 2 is 2.11 bits per heavy atom. The fraction of sp³-hybridized carbons (Fsp3) is 0.316. The van der Waals surface area contributed by atoms with Gasteiger partial charge in [0.1, 0.15) is 0 Å². The number of hydrogen-bond donors (Lipinski definition) is 2. The van der Waals surface area contributed by atoms with E-state index in [1.54, 1.807) is 0 Å². The van der Waals surface area contributed by atoms with Gasteiger partial charge in [-0.2, -0.15) is 0 Å². The van der Waals surface area contributed by atoms with Crippen LogP contribution in [0, 0.1) is 0 Å². The highest BCUT2D eigenvalue weighted by atomic mass is 32.2. The van der Waals surface area contributed by atoms with Crippen LogP contribution in [0.5, 0.6) is 0 Å². The lowest BCUT2D eigenvalue weighted by Gasteiger charge is -2.08. The van der Waals surface area contributed by atoms with Crippen molar-refractivity contribution in [2.45, 2.75) is 23.3 Å². The average Bonchev–Trinajstić information content (AvgIpc) is 3.36. The van der Waals surface area contributed by atoms with Crippen LogP contribution in [0.1, 0.15) is 12.8 Å². The van der Waals surface area contributed by atoms with Crippen molar-refractivity contribution in [1.82, 2.24) is 10.2 Å². The Labute approximate surface area is 165 Å². The summed E-state index contributed by atoms with van der Waals surface area (Å²) in [6.07, 6.45) is 2.47. The monoisotopic (exact) mass is 400 g/mol. The lowest BCUT2D eigenvalue weighted by Crippen LogP contribution is -2.18. The molecule has 27 heavy (non-hydrogen) atoms. The number of aromatic nitrogens is 2. The molecule has 0 spiro atoms. The van der Waals surface area contributed by atoms with E-state index in [9.17, 15) is 4.79 Å². The molecule has 1 aliphatic heterocycles. The van der Waals surface area contributed by atoms with Gasteiger partial charge in [-0.1, -0.05) is 53.4 Å². The molecule has 0 bridgehead atoms. The Bertz CT molecular complexity index is 925. The predicted octanol–water partition coefficient (Wildman–Crippen LogP) is 4.01. The summed E-state index contributed by atoms with van der Waals surface area (Å²) in [6.45, 7) is 1.59. The first-order valence-electron chi connectivity index (χ1n) is 8.87. The second-order valence-corrected chi connectivity index (χ2v) is 8.49. The summed E-state index contributed by atoms with van der Waals surface area (Å²) in [6, 6.07) is 14.0. The number of carbonyl (C=O) groups is 1. The molecular formula is C19H20N4O2S2. The minimum Gasteiger partial charge on any atom is -0.376 e. The van der Waals surface area contributed by atoms with Crippen LogP contribution in [0.3, 0.4) is 0 Å². The smallest absolute Gasteiger partial charge is 0.234 e. The molecule has 2 heterocycles. The maximum atomic E-state index is 12.2. The van der Waals surface area contributed by atoms with Crippen LogP contribution in [0.15, 0.2) is 46.8 Å². The molecule has 1 atom stereocenters. The highest BCUT2D eigenvalue weighted by Gasteiger charge is 2.16. The van der Waals surface area contributed by atoms with Crippen molar-refractivity contribution in [3.8, 4) is 0 Å². The van der Waals surface area contributed by atoms with Gasteiger partial charge in [-0.3, -0.25) is 4.79 Å². The summed E-state index contributed by atoms with van der Waals surface area (Å²) in [7, 11) is 0. The second kappa shape index (κ2) is 8.69. The molecular weight excluding hydrogens is 380 g/mol. The van der Waals surface area contributed by atoms with Crippen molar-refractivity contribution in [2.75, 3.05) is 29.5 Å². The number of nitrogens with zero attached hydrogens (tertiary/aromatic N) is 2. The first-order chi connectivity index (χ1) is 13.3. The third-order valence-electron chi connectivity index (χ3n) is 4.27. The van der Waals surface area contributed by atoms with Gasteiger partial charge >= 0.3 is 0 Å². The maximum absolute atomic E-state index is 12.2. The number of nitrogens with one attached hydrogen (secondary N) is 2. The van der Waals surface area contributed by atoms with E-state index in [1.807, 2.05) is 36.4 Å². The summed E-state index contributed by atoms with van der Waals surface area (Å²) in [5.74, 6) is 0.243. The molecule has 1 aromatic heterocycles. The average molecular weight is 401 g/mol. The molecule has 1 amide bonds. The molecule has 1 fully saturated rings. The van der Waals surface area contributed by atoms with E-state index in [2.05, 4.69) is 26.9 Å². The summed E-state index contributed by atoms with van der Waals surface area (Å²) < 4.78 is 6.36. The predicted molar refractivity (Wildman–Crippen MR) is 111 cm³/mol. The first kappa shape index (κ1) is 18.2. The number of rotatable bonds is 7. The Kier molecular flexibility index (Phi) is 5.86. The number of fused-ring (bicyclic) bond motifs is 1. The number of anilines is 2. The first-order valence-corrected chi connectivity index (χ1v) is 10.7. The second-order valence-electron chi connectivity index (χ2n) is 6.29. The van der Waals surface area contributed by atoms with Gasteiger partial charge < -0.3 is 15.4 Å². The van der Waals surface area contributed by atoms with E-state index in [4.69, 9.17) is 4.74 Å². The molecule has 0 radical (unpaired) electrons. The molecule has 0 unspecified atom stereocenters. The van der Waals surface area contributed by atoms with Crippen LogP contribution >= 0.6 is 23.1 Å². The van der Waals surface area contributed by atoms with Gasteiger partial charge in [-0.05, 0) is 35.7 Å². The van der Waals surface area contributed by atoms with Gasteiger partial charge in [-0.25, -0.2) is 0 Å². The van der Waals surface area contributed by atoms with Crippen molar-refractivity contribution >= 4 is 50.6 Å². The maximum Gasteiger partial charge on any atom is 0.234 e. The van der Waals surface area contributed by atoms with Crippen molar-refractivity contribution in [3.63, 3.8) is 0 Å². The molecule has 8 heteroatoms. The van der Waals surface area contributed by atoms with E-state index in [-0.39, 0.29) is 12.0 Å². The molecule has 6 nitrogen and oxygen atoms in total. The van der Waals surface area contributed by atoms with Crippen molar-refractivity contribution in [1.29, 1.82) is 0 Å². The lowest BCUT2D eigenvalue weighted by atomic mass is 10.1. The van der Waals surface area contributed by atoms with Gasteiger partial charge in [0.25, 0.3) is 0 Å². The summed E-state index contributed by atoms with van der Waals surface area (Å²) in [5, 5.41) is 17.5. The number of hydrogen-bond acceptors (Lipinski definition) is 7. The third kappa shape index (κ3) is 4.97. The van der Waals surface area contributed by atoms with Gasteiger partial charge in [0.15, 0.2) is 4.34 Å². The van der Waals surface area contributed by atoms with E-state index < -0.39 is 0 Å². The molecule has 1 aliphatic rings. The van der Waals surface area contributed by atoms with Crippen molar-refractivity contribution in [2.24, 2.45) is 0 Å². The minimum absolute atomic E-state index is 0.0562. The third-order valence-corrected chi connectivity index (χ3v) is 6.29. The van der Waals surface area contributed by atoms with Gasteiger partial charge in [0.2, 0.25) is 11.0 Å². The van der Waals surface area contributed by atoms with E-state index in [0.717, 1.165) is 51.9 Å². The molecule has 0 aliphatic carbocycles. The van der Waals surface area contributed by atoms with Gasteiger partial charge in [0, 0.05) is 18.8 Å². The minimum atomic E-state index is -0.0562. The lowest BCUT2D eigenvalue weighted by molar-refractivity contribution is -0.113. The number of ether oxygens (including phenoxy) is 1. The highest BCUT2D eigenvalue weighted by Crippen LogP contribution is 2.26. The fourth-order valence-corrected chi connectivity index (χ4v) is 4.50. The molecule has 0 saturated carbocycles. The molecule has 3 aromatic rings. The van der Waals surface area contributed by atoms with Crippen LogP contribution in [-0.4, -0.2) is 41.1 Å². The number of carbonyl (C=O) groups excluding carboxylic acids is 1. The molecule has 2 aromatic carbocycles. The zero-order chi connectivity index (χ0) is 18.5. The normalized spacial score (nSPS) is 16.5. The van der Waals surface area contributed by atoms with Crippen LogP contribution in [-0.2, 0) is 9.53 Å². The Morgan fingerprint density at radius 1 is 1.22 bits per heavy atom. The zero-order valence-electron chi connectivity index (χ0n) is 14.7. The molecule has 4 rings (SSSR count). The fourth-order valence-electron chi connectivity index (χ4n) is 2.94. The van der Waals surface area contributed by atoms with Crippen LogP contribution < -0.4 is 10.6 Å². The zero-order valence-corrected chi connectivity index (χ0v) is 16.3. The molecule has 140 valence electrons. The molecule has 2 N–H and O–H groups in total. The van der Waals surface area contributed by atoms with E-state index in [0.29, 0.717) is 5.75 Å². The Hall–Kier alpha value is -2.16. The van der Waals surface area contributed by atoms with Crippen molar-refractivity contribution < 1.29 is 9.53 Å². The summed E-state index contributed by atoms with van der Waals surface area (Å²) in [5.41, 5.74) is 0.801. The van der Waals surface area contributed by atoms with Crippen molar-refractivity contribution in [3.05, 3.63) is 42.5 Å². The Balaban J connectivity index is 1.26. The van der Waals surface area contributed by atoms with Crippen LogP contribution in [0.4, 0.5) is 10.8 Å². The summed E-state index contributed by atoms with van der Waals surface area (Å²) in [4.78, 5) is 12.2. The largest absolute Gasteiger partial charge is 0.376 e. The number of amides is 1. The quantitative estimate of drug-likeness (QED) is 0.584. The number of thioether (sulfide) groups is 1. The standard InChI is InChI=1S/C19H20N4O2S2/c24-17(21-15-8-7-13-4-1-2-5-14(13)10-15)12-26-19-23-22-18(27-19)20-11-16-6-3-9-25-16/h1-2,4-5,7-8,10,16H,3,6,9,11-12H2,(H,20,22)(H,21,24)/t16-/m1/s1. The molecule has 1 saturated heterocycles. The Morgan fingerprint density at radius 3 is 2.96 bits per heavy atom. The van der Waals surface area contributed by atoms with Gasteiger partial charge in [-0.15, -0.1) is 10.2 Å². The van der Waals surface area contributed by atoms with Crippen LogP contribution in [0.25, 0.3) is 10.8 Å².